The van der Waals surface area contributed by atoms with Crippen molar-refractivity contribution in [3.63, 3.8) is 0 Å². The average Bonchev–Trinajstić information content (AvgIpc) is 2.15. The second kappa shape index (κ2) is 3.51. The van der Waals surface area contributed by atoms with Crippen LogP contribution in [0.5, 0.6) is 0 Å². The second-order valence-electron chi connectivity index (χ2n) is 2.37. The van der Waals surface area contributed by atoms with Crippen LogP contribution in [-0.2, 0) is 6.42 Å². The molecule has 10 heavy (non-hydrogen) atoms. The summed E-state index contributed by atoms with van der Waals surface area (Å²) in [6.45, 7) is 2.02. The molecule has 0 aliphatic heterocycles. The van der Waals surface area contributed by atoms with Crippen molar-refractivity contribution < 1.29 is 0 Å². The zero-order valence-corrected chi connectivity index (χ0v) is 8.21. The Kier molecular flexibility index (Phi) is 2.89. The molecule has 0 saturated heterocycles. The fourth-order valence-corrected chi connectivity index (χ4v) is 2.42. The van der Waals surface area contributed by atoms with Crippen LogP contribution in [0.3, 0.4) is 0 Å². The first-order chi connectivity index (χ1) is 4.70. The summed E-state index contributed by atoms with van der Waals surface area (Å²) >= 11 is 5.20. The lowest BCUT2D eigenvalue weighted by Gasteiger charge is -2.01. The molecule has 0 aromatic carbocycles. The Morgan fingerprint density at radius 1 is 1.80 bits per heavy atom. The number of hydrogen-bond acceptors (Lipinski definition) is 2. The van der Waals surface area contributed by atoms with E-state index in [1.807, 2.05) is 6.92 Å². The van der Waals surface area contributed by atoms with E-state index >= 15 is 0 Å². The summed E-state index contributed by atoms with van der Waals surface area (Å²) < 4.78 is 1.19. The van der Waals surface area contributed by atoms with E-state index < -0.39 is 0 Å². The van der Waals surface area contributed by atoms with Gasteiger partial charge in [0.1, 0.15) is 0 Å². The minimum absolute atomic E-state index is 0.259. The Morgan fingerprint density at radius 3 is 2.90 bits per heavy atom. The van der Waals surface area contributed by atoms with Crippen molar-refractivity contribution in [2.45, 2.75) is 19.4 Å². The normalized spacial score (nSPS) is 13.5. The summed E-state index contributed by atoms with van der Waals surface area (Å²) in [7, 11) is 0. The topological polar surface area (TPSA) is 26.0 Å². The Morgan fingerprint density at radius 2 is 2.50 bits per heavy atom. The van der Waals surface area contributed by atoms with E-state index in [1.165, 1.54) is 9.35 Å². The highest BCUT2D eigenvalue weighted by Crippen LogP contribution is 2.23. The Balaban J connectivity index is 2.65. The van der Waals surface area contributed by atoms with Gasteiger partial charge in [0, 0.05) is 15.4 Å². The maximum Gasteiger partial charge on any atom is 0.0314 e. The monoisotopic (exact) mass is 219 g/mol. The molecule has 0 radical (unpaired) electrons. The summed E-state index contributed by atoms with van der Waals surface area (Å²) in [4.78, 5) is 1.34. The quantitative estimate of drug-likeness (QED) is 0.813. The van der Waals surface area contributed by atoms with Crippen LogP contribution in [0.2, 0.25) is 0 Å². The highest BCUT2D eigenvalue weighted by atomic mass is 79.9. The van der Waals surface area contributed by atoms with Crippen molar-refractivity contribution in [3.05, 3.63) is 20.8 Å². The molecule has 0 aliphatic rings. The molecule has 0 saturated carbocycles. The van der Waals surface area contributed by atoms with Gasteiger partial charge in [-0.2, -0.15) is 0 Å². The first-order valence-electron chi connectivity index (χ1n) is 3.17. The third kappa shape index (κ3) is 2.08. The predicted molar refractivity (Wildman–Crippen MR) is 49.4 cm³/mol. The van der Waals surface area contributed by atoms with Gasteiger partial charge in [0.15, 0.2) is 0 Å². The number of hydrogen-bond donors (Lipinski definition) is 1. The molecule has 1 aromatic heterocycles. The SMILES string of the molecule is CC(N)Cc1sccc1Br. The molecule has 1 nitrogen and oxygen atoms in total. The van der Waals surface area contributed by atoms with Crippen LogP contribution >= 0.6 is 27.3 Å². The molecule has 0 bridgehead atoms. The van der Waals surface area contributed by atoms with Crippen molar-refractivity contribution in [1.29, 1.82) is 0 Å². The summed E-state index contributed by atoms with van der Waals surface area (Å²) in [6, 6.07) is 2.32. The molecule has 1 aromatic rings. The van der Waals surface area contributed by atoms with Crippen LogP contribution in [-0.4, -0.2) is 6.04 Å². The van der Waals surface area contributed by atoms with Crippen molar-refractivity contribution in [3.8, 4) is 0 Å². The van der Waals surface area contributed by atoms with Gasteiger partial charge in [-0.15, -0.1) is 11.3 Å². The van der Waals surface area contributed by atoms with Crippen LogP contribution in [0.4, 0.5) is 0 Å². The largest absolute Gasteiger partial charge is 0.328 e. The third-order valence-corrected chi connectivity index (χ3v) is 3.15. The molecule has 2 N–H and O–H groups in total. The third-order valence-electron chi connectivity index (χ3n) is 1.20. The summed E-state index contributed by atoms with van der Waals surface area (Å²) in [5.41, 5.74) is 5.64. The van der Waals surface area contributed by atoms with Crippen LogP contribution in [0.15, 0.2) is 15.9 Å². The zero-order valence-electron chi connectivity index (χ0n) is 5.80. The van der Waals surface area contributed by atoms with E-state index in [9.17, 15) is 0 Å². The van der Waals surface area contributed by atoms with E-state index in [0.717, 1.165) is 6.42 Å². The minimum Gasteiger partial charge on any atom is -0.328 e. The lowest BCUT2D eigenvalue weighted by Crippen LogP contribution is -2.17. The van der Waals surface area contributed by atoms with Gasteiger partial charge in [0.2, 0.25) is 0 Å². The molecule has 0 fully saturated rings. The maximum absolute atomic E-state index is 5.64. The van der Waals surface area contributed by atoms with E-state index in [4.69, 9.17) is 5.73 Å². The van der Waals surface area contributed by atoms with E-state index in [0.29, 0.717) is 0 Å². The van der Waals surface area contributed by atoms with Gasteiger partial charge >= 0.3 is 0 Å². The van der Waals surface area contributed by atoms with E-state index in [1.54, 1.807) is 11.3 Å². The van der Waals surface area contributed by atoms with E-state index in [2.05, 4.69) is 27.4 Å². The molecule has 1 heterocycles. The number of halogens is 1. The molecule has 0 spiro atoms. The maximum atomic E-state index is 5.64. The van der Waals surface area contributed by atoms with E-state index in [-0.39, 0.29) is 6.04 Å². The molecule has 1 atom stereocenters. The Labute approximate surface area is 73.4 Å². The molecule has 1 unspecified atom stereocenters. The molecule has 0 aliphatic carbocycles. The number of rotatable bonds is 2. The summed E-state index contributed by atoms with van der Waals surface area (Å²) in [5.74, 6) is 0. The lowest BCUT2D eigenvalue weighted by atomic mass is 10.2. The minimum atomic E-state index is 0.259. The summed E-state index contributed by atoms with van der Waals surface area (Å²) in [5, 5.41) is 2.07. The van der Waals surface area contributed by atoms with Crippen molar-refractivity contribution >= 4 is 27.3 Å². The smallest absolute Gasteiger partial charge is 0.0314 e. The van der Waals surface area contributed by atoms with Gasteiger partial charge in [-0.05, 0) is 40.7 Å². The van der Waals surface area contributed by atoms with Gasteiger partial charge in [-0.1, -0.05) is 0 Å². The van der Waals surface area contributed by atoms with Gasteiger partial charge in [-0.25, -0.2) is 0 Å². The molecule has 0 amide bonds. The van der Waals surface area contributed by atoms with Crippen LogP contribution < -0.4 is 5.73 Å². The Hall–Kier alpha value is 0.140. The fourth-order valence-electron chi connectivity index (χ4n) is 0.763. The van der Waals surface area contributed by atoms with Gasteiger partial charge in [0.05, 0.1) is 0 Å². The van der Waals surface area contributed by atoms with Crippen LogP contribution in [0, 0.1) is 0 Å². The number of nitrogens with two attached hydrogens (primary N) is 1. The van der Waals surface area contributed by atoms with Crippen molar-refractivity contribution in [1.82, 2.24) is 0 Å². The molecular weight excluding hydrogens is 210 g/mol. The molecule has 56 valence electrons. The van der Waals surface area contributed by atoms with Gasteiger partial charge < -0.3 is 5.73 Å². The Bertz CT molecular complexity index is 207. The van der Waals surface area contributed by atoms with Gasteiger partial charge in [-0.3, -0.25) is 0 Å². The number of thiophene rings is 1. The lowest BCUT2D eigenvalue weighted by molar-refractivity contribution is 0.745. The average molecular weight is 220 g/mol. The molecular formula is C7H10BrNS. The van der Waals surface area contributed by atoms with Crippen molar-refractivity contribution in [2.75, 3.05) is 0 Å². The zero-order chi connectivity index (χ0) is 7.56. The highest BCUT2D eigenvalue weighted by molar-refractivity contribution is 9.10. The predicted octanol–water partition coefficient (Wildman–Crippen LogP) is 2.40. The standard InChI is InChI=1S/C7H10BrNS/c1-5(9)4-7-6(8)2-3-10-7/h2-3,5H,4,9H2,1H3. The van der Waals surface area contributed by atoms with Gasteiger partial charge in [0.25, 0.3) is 0 Å². The fraction of sp³-hybridized carbons (Fsp3) is 0.429. The van der Waals surface area contributed by atoms with Crippen LogP contribution in [0.25, 0.3) is 0 Å². The molecule has 3 heteroatoms. The highest BCUT2D eigenvalue weighted by Gasteiger charge is 2.02. The molecule has 1 rings (SSSR count). The summed E-state index contributed by atoms with van der Waals surface area (Å²) in [6.07, 6.45) is 0.970. The van der Waals surface area contributed by atoms with Crippen LogP contribution in [0.1, 0.15) is 11.8 Å². The van der Waals surface area contributed by atoms with Crippen molar-refractivity contribution in [2.24, 2.45) is 5.73 Å². The second-order valence-corrected chi connectivity index (χ2v) is 4.23. The first kappa shape index (κ1) is 8.24. The first-order valence-corrected chi connectivity index (χ1v) is 4.85.